The van der Waals surface area contributed by atoms with Crippen LogP contribution in [0.25, 0.3) is 0 Å². The number of rotatable bonds is 3. The van der Waals surface area contributed by atoms with Gasteiger partial charge in [0.25, 0.3) is 0 Å². The summed E-state index contributed by atoms with van der Waals surface area (Å²) in [6.07, 6.45) is 0.114. The van der Waals surface area contributed by atoms with Crippen LogP contribution in [0.3, 0.4) is 0 Å². The van der Waals surface area contributed by atoms with Crippen LogP contribution < -0.4 is 4.74 Å². The molecule has 2 heterocycles. The van der Waals surface area contributed by atoms with Crippen LogP contribution in [0.1, 0.15) is 23.5 Å². The quantitative estimate of drug-likeness (QED) is 0.887. The van der Waals surface area contributed by atoms with E-state index in [0.717, 1.165) is 5.56 Å². The SMILES string of the molecule is COc1ccccc1[C@@H]1CC(=O)N2C(=C1C#N)SC[C@]2(O)c1ccccc1. The summed E-state index contributed by atoms with van der Waals surface area (Å²) in [7, 11) is 1.58. The van der Waals surface area contributed by atoms with Gasteiger partial charge in [-0.2, -0.15) is 5.26 Å². The summed E-state index contributed by atoms with van der Waals surface area (Å²) in [6, 6.07) is 18.8. The summed E-state index contributed by atoms with van der Waals surface area (Å²) in [5, 5.41) is 21.7. The highest BCUT2D eigenvalue weighted by molar-refractivity contribution is 8.03. The van der Waals surface area contributed by atoms with Crippen LogP contribution in [-0.4, -0.2) is 28.8 Å². The molecular formula is C21H18N2O3S. The molecule has 0 aliphatic carbocycles. The van der Waals surface area contributed by atoms with E-state index in [-0.39, 0.29) is 18.2 Å². The van der Waals surface area contributed by atoms with Crippen LogP contribution in [0, 0.1) is 11.3 Å². The molecule has 136 valence electrons. The fourth-order valence-electron chi connectivity index (χ4n) is 3.76. The van der Waals surface area contributed by atoms with Crippen LogP contribution in [0.15, 0.2) is 65.2 Å². The number of allylic oxidation sites excluding steroid dienone is 1. The lowest BCUT2D eigenvalue weighted by Gasteiger charge is -2.38. The van der Waals surface area contributed by atoms with Gasteiger partial charge in [-0.15, -0.1) is 11.8 Å². The lowest BCUT2D eigenvalue weighted by Crippen LogP contribution is -2.48. The lowest BCUT2D eigenvalue weighted by molar-refractivity contribution is -0.149. The van der Waals surface area contributed by atoms with Gasteiger partial charge >= 0.3 is 0 Å². The highest BCUT2D eigenvalue weighted by atomic mass is 32.2. The number of hydrogen-bond donors (Lipinski definition) is 1. The Bertz CT molecular complexity index is 967. The van der Waals surface area contributed by atoms with Gasteiger partial charge in [0.15, 0.2) is 5.72 Å². The Balaban J connectivity index is 1.84. The monoisotopic (exact) mass is 378 g/mol. The van der Waals surface area contributed by atoms with Gasteiger partial charge < -0.3 is 9.84 Å². The fraction of sp³-hybridized carbons (Fsp3) is 0.238. The van der Waals surface area contributed by atoms with Gasteiger partial charge in [-0.3, -0.25) is 9.69 Å². The number of carbonyl (C=O) groups is 1. The molecule has 1 amide bonds. The Morgan fingerprint density at radius 2 is 1.93 bits per heavy atom. The molecule has 0 unspecified atom stereocenters. The molecule has 0 saturated carbocycles. The van der Waals surface area contributed by atoms with Crippen LogP contribution in [0.4, 0.5) is 0 Å². The molecule has 1 saturated heterocycles. The number of methoxy groups -OCH3 is 1. The zero-order valence-corrected chi connectivity index (χ0v) is 15.6. The molecule has 5 nitrogen and oxygen atoms in total. The van der Waals surface area contributed by atoms with Crippen molar-refractivity contribution in [1.29, 1.82) is 5.26 Å². The Kier molecular flexibility index (Phi) is 4.42. The molecule has 2 aromatic rings. The van der Waals surface area contributed by atoms with E-state index in [1.807, 2.05) is 42.5 Å². The molecule has 2 aliphatic rings. The number of nitrogens with zero attached hydrogens (tertiary/aromatic N) is 2. The van der Waals surface area contributed by atoms with Crippen molar-refractivity contribution in [3.63, 3.8) is 0 Å². The minimum Gasteiger partial charge on any atom is -0.496 e. The second-order valence-corrected chi connectivity index (χ2v) is 7.49. The third-order valence-corrected chi connectivity index (χ3v) is 6.28. The maximum atomic E-state index is 13.1. The third-order valence-electron chi connectivity index (χ3n) is 5.06. The van der Waals surface area contributed by atoms with Crippen LogP contribution in [-0.2, 0) is 10.5 Å². The Morgan fingerprint density at radius 3 is 2.63 bits per heavy atom. The maximum Gasteiger partial charge on any atom is 0.231 e. The molecule has 0 radical (unpaired) electrons. The normalized spacial score (nSPS) is 24.6. The Hall–Kier alpha value is -2.75. The maximum absolute atomic E-state index is 13.1. The Morgan fingerprint density at radius 1 is 1.22 bits per heavy atom. The number of benzene rings is 2. The van der Waals surface area contributed by atoms with Crippen molar-refractivity contribution >= 4 is 17.7 Å². The Labute approximate surface area is 161 Å². The zero-order chi connectivity index (χ0) is 19.0. The first-order valence-electron chi connectivity index (χ1n) is 8.61. The molecule has 1 fully saturated rings. The van der Waals surface area contributed by atoms with Crippen molar-refractivity contribution in [2.75, 3.05) is 12.9 Å². The predicted molar refractivity (Wildman–Crippen MR) is 103 cm³/mol. The van der Waals surface area contributed by atoms with Crippen LogP contribution >= 0.6 is 11.8 Å². The summed E-state index contributed by atoms with van der Waals surface area (Å²) in [5.74, 6) is 0.368. The summed E-state index contributed by atoms with van der Waals surface area (Å²) < 4.78 is 5.44. The largest absolute Gasteiger partial charge is 0.496 e. The van der Waals surface area contributed by atoms with Gasteiger partial charge in [0.2, 0.25) is 5.91 Å². The molecule has 2 aromatic carbocycles. The number of carbonyl (C=O) groups excluding carboxylic acids is 1. The van der Waals surface area contributed by atoms with Crippen LogP contribution in [0.5, 0.6) is 5.75 Å². The van der Waals surface area contributed by atoms with Crippen molar-refractivity contribution in [1.82, 2.24) is 4.90 Å². The van der Waals surface area contributed by atoms with Crippen molar-refractivity contribution in [2.45, 2.75) is 18.1 Å². The van der Waals surface area contributed by atoms with E-state index >= 15 is 0 Å². The van der Waals surface area contributed by atoms with E-state index in [4.69, 9.17) is 4.74 Å². The summed E-state index contributed by atoms with van der Waals surface area (Å²) in [4.78, 5) is 14.5. The molecule has 1 N–H and O–H groups in total. The van der Waals surface area contributed by atoms with Gasteiger partial charge in [0.1, 0.15) is 5.75 Å². The fourth-order valence-corrected chi connectivity index (χ4v) is 5.12. The number of thioether (sulfide) groups is 1. The van der Waals surface area contributed by atoms with Crippen molar-refractivity contribution in [3.8, 4) is 11.8 Å². The van der Waals surface area contributed by atoms with E-state index in [1.165, 1.54) is 16.7 Å². The number of aliphatic hydroxyl groups is 1. The topological polar surface area (TPSA) is 73.6 Å². The van der Waals surface area contributed by atoms with Crippen molar-refractivity contribution in [2.24, 2.45) is 0 Å². The highest BCUT2D eigenvalue weighted by Crippen LogP contribution is 2.52. The average Bonchev–Trinajstić information content (AvgIpc) is 3.08. The van der Waals surface area contributed by atoms with Gasteiger partial charge in [-0.05, 0) is 6.07 Å². The second-order valence-electron chi connectivity index (χ2n) is 6.53. The van der Waals surface area contributed by atoms with Gasteiger partial charge in [0.05, 0.1) is 29.5 Å². The summed E-state index contributed by atoms with van der Waals surface area (Å²) in [6.45, 7) is 0. The molecule has 0 aromatic heterocycles. The lowest BCUT2D eigenvalue weighted by atomic mass is 9.85. The number of fused-ring (bicyclic) bond motifs is 1. The van der Waals surface area contributed by atoms with Gasteiger partial charge in [-0.1, -0.05) is 48.5 Å². The van der Waals surface area contributed by atoms with Crippen molar-refractivity contribution < 1.29 is 14.6 Å². The first-order chi connectivity index (χ1) is 13.1. The van der Waals surface area contributed by atoms with E-state index in [9.17, 15) is 15.2 Å². The first kappa shape index (κ1) is 17.7. The highest BCUT2D eigenvalue weighted by Gasteiger charge is 2.52. The number of para-hydroxylation sites is 1. The number of amides is 1. The van der Waals surface area contributed by atoms with E-state index in [2.05, 4.69) is 6.07 Å². The smallest absolute Gasteiger partial charge is 0.231 e. The predicted octanol–water partition coefficient (Wildman–Crippen LogP) is 3.34. The molecular weight excluding hydrogens is 360 g/mol. The van der Waals surface area contributed by atoms with E-state index in [0.29, 0.717) is 27.7 Å². The third kappa shape index (κ3) is 2.71. The first-order valence-corrected chi connectivity index (χ1v) is 9.59. The summed E-state index contributed by atoms with van der Waals surface area (Å²) in [5.41, 5.74) is 0.518. The average molecular weight is 378 g/mol. The molecule has 4 rings (SSSR count). The summed E-state index contributed by atoms with van der Waals surface area (Å²) >= 11 is 1.35. The zero-order valence-electron chi connectivity index (χ0n) is 14.8. The van der Waals surface area contributed by atoms with Gasteiger partial charge in [0, 0.05) is 23.5 Å². The minimum atomic E-state index is -1.44. The number of ether oxygens (including phenoxy) is 1. The van der Waals surface area contributed by atoms with Crippen LogP contribution in [0.2, 0.25) is 0 Å². The molecule has 6 heteroatoms. The minimum absolute atomic E-state index is 0.114. The standard InChI is InChI=1S/C21H18N2O3S/c1-26-18-10-6-5-9-15(18)16-11-19(24)23-20(17(16)12-22)27-13-21(23,25)14-7-3-2-4-8-14/h2-10,16,25H,11,13H2,1H3/t16-,21-/m0/s1. The molecule has 0 bridgehead atoms. The van der Waals surface area contributed by atoms with Gasteiger partial charge in [-0.25, -0.2) is 0 Å². The van der Waals surface area contributed by atoms with Crippen molar-refractivity contribution in [3.05, 3.63) is 76.3 Å². The molecule has 2 atom stereocenters. The molecule has 27 heavy (non-hydrogen) atoms. The molecule has 2 aliphatic heterocycles. The van der Waals surface area contributed by atoms with E-state index < -0.39 is 5.72 Å². The number of hydrogen-bond acceptors (Lipinski definition) is 5. The second kappa shape index (κ2) is 6.76. The number of nitriles is 1. The molecule has 0 spiro atoms. The van der Waals surface area contributed by atoms with E-state index in [1.54, 1.807) is 19.2 Å².